The molecule has 1 aromatic rings. The number of piperazine rings is 1. The van der Waals surface area contributed by atoms with E-state index in [4.69, 9.17) is 11.6 Å². The van der Waals surface area contributed by atoms with Gasteiger partial charge in [-0.15, -0.1) is 0 Å². The van der Waals surface area contributed by atoms with Crippen molar-refractivity contribution in [3.63, 3.8) is 0 Å². The number of nitrogens with one attached hydrogen (secondary N) is 1. The van der Waals surface area contributed by atoms with E-state index in [0.717, 1.165) is 43.7 Å². The van der Waals surface area contributed by atoms with Gasteiger partial charge in [0.25, 0.3) is 0 Å². The van der Waals surface area contributed by atoms with E-state index in [0.29, 0.717) is 24.5 Å². The first-order chi connectivity index (χ1) is 13.2. The summed E-state index contributed by atoms with van der Waals surface area (Å²) in [5.41, 5.74) is 1.33. The van der Waals surface area contributed by atoms with Crippen molar-refractivity contribution in [1.29, 1.82) is 0 Å². The van der Waals surface area contributed by atoms with Crippen molar-refractivity contribution in [2.24, 2.45) is 5.41 Å². The van der Waals surface area contributed by atoms with E-state index in [1.165, 1.54) is 6.42 Å². The molecule has 0 saturated carbocycles. The Morgan fingerprint density at radius 2 is 1.75 bits per heavy atom. The minimum Gasteiger partial charge on any atom is -0.367 e. The SMILES string of the molecule is CCCCCCC(=O)Nc1ccc(N2CCN(C(=O)C(C)(C)C)CC2)c(Cl)c1. The highest BCUT2D eigenvalue weighted by atomic mass is 35.5. The number of amides is 2. The summed E-state index contributed by atoms with van der Waals surface area (Å²) < 4.78 is 0. The normalized spacial score (nSPS) is 14.9. The maximum absolute atomic E-state index is 12.4. The average molecular weight is 408 g/mol. The predicted molar refractivity (Wildman–Crippen MR) is 117 cm³/mol. The van der Waals surface area contributed by atoms with Crippen LogP contribution in [0.3, 0.4) is 0 Å². The van der Waals surface area contributed by atoms with Crippen molar-refractivity contribution in [1.82, 2.24) is 4.90 Å². The second-order valence-electron chi connectivity index (χ2n) is 8.55. The Morgan fingerprint density at radius 3 is 2.32 bits per heavy atom. The zero-order chi connectivity index (χ0) is 20.7. The van der Waals surface area contributed by atoms with E-state index in [1.807, 2.05) is 43.9 Å². The lowest BCUT2D eigenvalue weighted by Crippen LogP contribution is -2.51. The Morgan fingerprint density at radius 1 is 1.07 bits per heavy atom. The number of hydrogen-bond acceptors (Lipinski definition) is 3. The summed E-state index contributed by atoms with van der Waals surface area (Å²) in [5.74, 6) is 0.226. The van der Waals surface area contributed by atoms with Gasteiger partial charge in [0, 0.05) is 43.7 Å². The number of halogens is 1. The molecule has 5 nitrogen and oxygen atoms in total. The first-order valence-electron chi connectivity index (χ1n) is 10.4. The third-order valence-corrected chi connectivity index (χ3v) is 5.34. The Labute approximate surface area is 174 Å². The molecule has 1 aliphatic rings. The molecule has 2 amide bonds. The molecule has 28 heavy (non-hydrogen) atoms. The van der Waals surface area contributed by atoms with Gasteiger partial charge in [-0.3, -0.25) is 9.59 Å². The van der Waals surface area contributed by atoms with Crippen LogP contribution in [0.25, 0.3) is 0 Å². The molecule has 1 fully saturated rings. The van der Waals surface area contributed by atoms with Crippen LogP contribution < -0.4 is 10.2 Å². The molecule has 0 atom stereocenters. The van der Waals surface area contributed by atoms with E-state index < -0.39 is 0 Å². The quantitative estimate of drug-likeness (QED) is 0.651. The number of carbonyl (C=O) groups is 2. The minimum atomic E-state index is -0.351. The second kappa shape index (κ2) is 10.1. The molecular formula is C22H34ClN3O2. The number of anilines is 2. The Hall–Kier alpha value is -1.75. The highest BCUT2D eigenvalue weighted by molar-refractivity contribution is 6.33. The summed E-state index contributed by atoms with van der Waals surface area (Å²) >= 11 is 6.49. The smallest absolute Gasteiger partial charge is 0.228 e. The van der Waals surface area contributed by atoms with Gasteiger partial charge in [0.1, 0.15) is 0 Å². The lowest BCUT2D eigenvalue weighted by molar-refractivity contribution is -0.139. The number of nitrogens with zero attached hydrogens (tertiary/aromatic N) is 2. The second-order valence-corrected chi connectivity index (χ2v) is 8.96. The zero-order valence-electron chi connectivity index (χ0n) is 17.7. The van der Waals surface area contributed by atoms with Crippen LogP contribution in [0.4, 0.5) is 11.4 Å². The van der Waals surface area contributed by atoms with Gasteiger partial charge in [-0.25, -0.2) is 0 Å². The van der Waals surface area contributed by atoms with Gasteiger partial charge < -0.3 is 15.1 Å². The Kier molecular flexibility index (Phi) is 8.17. The van der Waals surface area contributed by atoms with Crippen LogP contribution >= 0.6 is 11.6 Å². The lowest BCUT2D eigenvalue weighted by Gasteiger charge is -2.39. The highest BCUT2D eigenvalue weighted by Gasteiger charge is 2.30. The molecule has 156 valence electrons. The Bertz CT molecular complexity index is 677. The number of unbranched alkanes of at least 4 members (excludes halogenated alkanes) is 3. The number of hydrogen-bond donors (Lipinski definition) is 1. The monoisotopic (exact) mass is 407 g/mol. The van der Waals surface area contributed by atoms with E-state index in [-0.39, 0.29) is 17.2 Å². The van der Waals surface area contributed by atoms with Gasteiger partial charge in [-0.05, 0) is 24.6 Å². The molecule has 1 heterocycles. The summed E-state index contributed by atoms with van der Waals surface area (Å²) in [6.07, 6.45) is 4.89. The molecule has 0 aliphatic carbocycles. The van der Waals surface area contributed by atoms with Crippen molar-refractivity contribution in [3.8, 4) is 0 Å². The molecule has 1 aliphatic heterocycles. The van der Waals surface area contributed by atoms with Gasteiger partial charge in [-0.2, -0.15) is 0 Å². The zero-order valence-corrected chi connectivity index (χ0v) is 18.4. The molecule has 0 radical (unpaired) electrons. The molecule has 6 heteroatoms. The first kappa shape index (κ1) is 22.5. The standard InChI is InChI=1S/C22H34ClN3O2/c1-5-6-7-8-9-20(27)24-17-10-11-19(18(23)16-17)25-12-14-26(15-13-25)21(28)22(2,3)4/h10-11,16H,5-9,12-15H2,1-4H3,(H,24,27). The highest BCUT2D eigenvalue weighted by Crippen LogP contribution is 2.30. The van der Waals surface area contributed by atoms with E-state index in [9.17, 15) is 9.59 Å². The molecule has 1 N–H and O–H groups in total. The van der Waals surface area contributed by atoms with Crippen LogP contribution in [0, 0.1) is 5.41 Å². The summed E-state index contributed by atoms with van der Waals surface area (Å²) in [6, 6.07) is 5.67. The van der Waals surface area contributed by atoms with Crippen molar-refractivity contribution in [2.75, 3.05) is 36.4 Å². The lowest BCUT2D eigenvalue weighted by atomic mass is 9.94. The van der Waals surface area contributed by atoms with Gasteiger partial charge >= 0.3 is 0 Å². The predicted octanol–water partition coefficient (Wildman–Crippen LogP) is 4.94. The van der Waals surface area contributed by atoms with Gasteiger partial charge in [0.2, 0.25) is 11.8 Å². The van der Waals surface area contributed by atoms with Crippen LogP contribution in [-0.2, 0) is 9.59 Å². The maximum Gasteiger partial charge on any atom is 0.228 e. The number of benzene rings is 1. The molecule has 2 rings (SSSR count). The van der Waals surface area contributed by atoms with Crippen molar-refractivity contribution < 1.29 is 9.59 Å². The van der Waals surface area contributed by atoms with E-state index in [2.05, 4.69) is 17.1 Å². The molecule has 0 aromatic heterocycles. The third-order valence-electron chi connectivity index (χ3n) is 5.04. The molecular weight excluding hydrogens is 374 g/mol. The fraction of sp³-hybridized carbons (Fsp3) is 0.636. The van der Waals surface area contributed by atoms with Crippen LogP contribution in [0.2, 0.25) is 5.02 Å². The largest absolute Gasteiger partial charge is 0.367 e. The van der Waals surface area contributed by atoms with Crippen molar-refractivity contribution in [3.05, 3.63) is 23.2 Å². The van der Waals surface area contributed by atoms with Crippen molar-refractivity contribution >= 4 is 34.8 Å². The third kappa shape index (κ3) is 6.40. The summed E-state index contributed by atoms with van der Waals surface area (Å²) in [4.78, 5) is 28.6. The average Bonchev–Trinajstić information content (AvgIpc) is 2.64. The minimum absolute atomic E-state index is 0.0363. The topological polar surface area (TPSA) is 52.7 Å². The van der Waals surface area contributed by atoms with Crippen molar-refractivity contribution in [2.45, 2.75) is 59.8 Å². The summed E-state index contributed by atoms with van der Waals surface area (Å²) in [7, 11) is 0. The summed E-state index contributed by atoms with van der Waals surface area (Å²) in [5, 5.41) is 3.56. The number of rotatable bonds is 7. The van der Waals surface area contributed by atoms with E-state index >= 15 is 0 Å². The summed E-state index contributed by atoms with van der Waals surface area (Å²) in [6.45, 7) is 10.9. The van der Waals surface area contributed by atoms with Crippen LogP contribution in [0.1, 0.15) is 59.8 Å². The van der Waals surface area contributed by atoms with Gasteiger partial charge in [-0.1, -0.05) is 58.6 Å². The maximum atomic E-state index is 12.4. The van der Waals surface area contributed by atoms with Crippen LogP contribution in [0.5, 0.6) is 0 Å². The van der Waals surface area contributed by atoms with Crippen LogP contribution in [0.15, 0.2) is 18.2 Å². The van der Waals surface area contributed by atoms with Gasteiger partial charge in [0.05, 0.1) is 10.7 Å². The number of carbonyl (C=O) groups excluding carboxylic acids is 2. The first-order valence-corrected chi connectivity index (χ1v) is 10.7. The Balaban J connectivity index is 1.89. The molecule has 0 spiro atoms. The molecule has 0 bridgehead atoms. The van der Waals surface area contributed by atoms with Gasteiger partial charge in [0.15, 0.2) is 0 Å². The van der Waals surface area contributed by atoms with Crippen LogP contribution in [-0.4, -0.2) is 42.9 Å². The van der Waals surface area contributed by atoms with E-state index in [1.54, 1.807) is 0 Å². The fourth-order valence-corrected chi connectivity index (χ4v) is 3.70. The molecule has 0 unspecified atom stereocenters. The molecule has 1 saturated heterocycles. The fourth-order valence-electron chi connectivity index (χ4n) is 3.40. The molecule has 1 aromatic carbocycles.